The number of hydrogen-bond donors (Lipinski definition) is 2. The summed E-state index contributed by atoms with van der Waals surface area (Å²) < 4.78 is 0. The summed E-state index contributed by atoms with van der Waals surface area (Å²) in [4.78, 5) is 19.0. The van der Waals surface area contributed by atoms with Crippen LogP contribution < -0.4 is 10.6 Å². The number of nitrogens with one attached hydrogen (secondary N) is 2. The van der Waals surface area contributed by atoms with Gasteiger partial charge in [0.1, 0.15) is 0 Å². The largest absolute Gasteiger partial charge is 0.331 e. The highest BCUT2D eigenvalue weighted by Crippen LogP contribution is 2.38. The second-order valence-corrected chi connectivity index (χ2v) is 14.2. The zero-order valence-electron chi connectivity index (χ0n) is 24.5. The number of halogens is 4. The maximum Gasteiger partial charge on any atom is 0.252 e. The van der Waals surface area contributed by atoms with Crippen LogP contribution >= 0.6 is 46.4 Å². The summed E-state index contributed by atoms with van der Waals surface area (Å²) in [6.07, 6.45) is 5.22. The Balaban J connectivity index is 1.16. The van der Waals surface area contributed by atoms with Crippen LogP contribution in [-0.4, -0.2) is 53.0 Å². The average Bonchev–Trinajstić information content (AvgIpc) is 3.94. The Kier molecular flexibility index (Phi) is 9.00. The molecule has 0 aromatic heterocycles. The van der Waals surface area contributed by atoms with Crippen LogP contribution in [0.4, 0.5) is 0 Å². The zero-order valence-corrected chi connectivity index (χ0v) is 27.5. The Hall–Kier alpha value is -2.09. The molecule has 44 heavy (non-hydrogen) atoms. The third-order valence-electron chi connectivity index (χ3n) is 9.33. The van der Waals surface area contributed by atoms with Gasteiger partial charge in [0.05, 0.1) is 16.1 Å². The minimum absolute atomic E-state index is 0.0357. The second kappa shape index (κ2) is 13.0. The van der Waals surface area contributed by atoms with Crippen LogP contribution in [0.15, 0.2) is 66.2 Å². The standard InChI is InChI=1S/C35H36Cl4N4O/c36-29-4-2-5-30(37)28(29)20-42(25-11-12-25)18-21-7-9-22(10-8-21)27-15-24-16-40-17-32(41-24)33(27)35(44)43(26-13-14-26)19-23-3-1-6-31(38)34(23)39/h1-10,24-26,32,40-41H,11-20H2/t24?,32-/m1/s1. The number of carbonyl (C=O) groups excluding carboxylic acids is 1. The van der Waals surface area contributed by atoms with E-state index < -0.39 is 0 Å². The summed E-state index contributed by atoms with van der Waals surface area (Å²) in [6, 6.07) is 21.2. The highest BCUT2D eigenvalue weighted by atomic mass is 35.5. The van der Waals surface area contributed by atoms with Gasteiger partial charge in [-0.25, -0.2) is 0 Å². The molecule has 2 atom stereocenters. The fourth-order valence-electron chi connectivity index (χ4n) is 6.69. The monoisotopic (exact) mass is 668 g/mol. The molecule has 3 aromatic carbocycles. The van der Waals surface area contributed by atoms with Gasteiger partial charge in [-0.1, -0.05) is 88.9 Å². The van der Waals surface area contributed by atoms with Crippen molar-refractivity contribution in [2.24, 2.45) is 0 Å². The molecule has 4 aliphatic rings. The number of nitrogens with zero attached hydrogens (tertiary/aromatic N) is 2. The lowest BCUT2D eigenvalue weighted by atomic mass is 9.83. The number of rotatable bonds is 10. The second-order valence-electron chi connectivity index (χ2n) is 12.6. The highest BCUT2D eigenvalue weighted by Gasteiger charge is 2.41. The smallest absolute Gasteiger partial charge is 0.252 e. The molecule has 9 heteroatoms. The van der Waals surface area contributed by atoms with E-state index in [1.54, 1.807) is 6.07 Å². The van der Waals surface area contributed by atoms with Gasteiger partial charge in [0.2, 0.25) is 0 Å². The van der Waals surface area contributed by atoms with Crippen molar-refractivity contribution >= 4 is 57.9 Å². The maximum atomic E-state index is 14.5. The average molecular weight is 671 g/mol. The van der Waals surface area contributed by atoms with Gasteiger partial charge in [-0.3, -0.25) is 9.69 Å². The summed E-state index contributed by atoms with van der Waals surface area (Å²) in [5, 5.41) is 9.73. The highest BCUT2D eigenvalue weighted by molar-refractivity contribution is 6.42. The Labute approximate surface area is 279 Å². The molecule has 3 aromatic rings. The first-order valence-electron chi connectivity index (χ1n) is 15.6. The van der Waals surface area contributed by atoms with Crippen molar-refractivity contribution in [1.82, 2.24) is 20.4 Å². The van der Waals surface area contributed by atoms with Crippen LogP contribution in [0.25, 0.3) is 5.57 Å². The first-order chi connectivity index (χ1) is 21.4. The molecular formula is C35H36Cl4N4O. The van der Waals surface area contributed by atoms with Crippen LogP contribution in [0.3, 0.4) is 0 Å². The lowest BCUT2D eigenvalue weighted by Crippen LogP contribution is -2.60. The third-order valence-corrected chi connectivity index (χ3v) is 10.9. The first kappa shape index (κ1) is 30.6. The van der Waals surface area contributed by atoms with E-state index in [1.165, 1.54) is 18.4 Å². The molecule has 2 aliphatic carbocycles. The quantitative estimate of drug-likeness (QED) is 0.232. The molecule has 2 heterocycles. The van der Waals surface area contributed by atoms with E-state index in [2.05, 4.69) is 39.8 Å². The molecule has 0 spiro atoms. The number of benzene rings is 3. The van der Waals surface area contributed by atoms with Crippen molar-refractivity contribution in [3.63, 3.8) is 0 Å². The van der Waals surface area contributed by atoms with Gasteiger partial charge in [0, 0.05) is 72.0 Å². The molecular weight excluding hydrogens is 634 g/mol. The zero-order chi connectivity index (χ0) is 30.4. The van der Waals surface area contributed by atoms with Crippen molar-refractivity contribution in [3.8, 4) is 0 Å². The van der Waals surface area contributed by atoms with E-state index in [4.69, 9.17) is 46.4 Å². The molecule has 2 saturated carbocycles. The van der Waals surface area contributed by atoms with E-state index in [0.29, 0.717) is 38.7 Å². The SMILES string of the molecule is O=C(C1=C(c2ccc(CN(Cc3c(Cl)cccc3Cl)C3CC3)cc2)CC2CNC[C@H]1N2)N(Cc1cccc(Cl)c1Cl)C1CC1. The predicted octanol–water partition coefficient (Wildman–Crippen LogP) is 7.74. The minimum atomic E-state index is -0.0357. The van der Waals surface area contributed by atoms with Crippen LogP contribution in [0, 0.1) is 0 Å². The molecule has 5 nitrogen and oxygen atoms in total. The summed E-state index contributed by atoms with van der Waals surface area (Å²) >= 11 is 26.0. The van der Waals surface area contributed by atoms with Gasteiger partial charge in [0.15, 0.2) is 0 Å². The fourth-order valence-corrected chi connectivity index (χ4v) is 7.58. The van der Waals surface area contributed by atoms with E-state index in [-0.39, 0.29) is 18.0 Å². The molecule has 1 saturated heterocycles. The summed E-state index contributed by atoms with van der Waals surface area (Å²) in [5.74, 6) is 0.0961. The van der Waals surface area contributed by atoms with Crippen molar-refractivity contribution in [1.29, 1.82) is 0 Å². The molecule has 1 amide bonds. The maximum absolute atomic E-state index is 14.5. The van der Waals surface area contributed by atoms with Gasteiger partial charge in [0.25, 0.3) is 5.91 Å². The van der Waals surface area contributed by atoms with Crippen LogP contribution in [-0.2, 0) is 24.4 Å². The van der Waals surface area contributed by atoms with Gasteiger partial charge >= 0.3 is 0 Å². The van der Waals surface area contributed by atoms with Gasteiger partial charge in [-0.05, 0) is 72.6 Å². The van der Waals surface area contributed by atoms with Crippen LogP contribution in [0.5, 0.6) is 0 Å². The van der Waals surface area contributed by atoms with Gasteiger partial charge in [-0.2, -0.15) is 0 Å². The Morgan fingerprint density at radius 1 is 0.773 bits per heavy atom. The number of amides is 1. The van der Waals surface area contributed by atoms with Crippen molar-refractivity contribution in [2.45, 2.75) is 75.9 Å². The van der Waals surface area contributed by atoms with E-state index in [1.807, 2.05) is 35.2 Å². The van der Waals surface area contributed by atoms with Crippen molar-refractivity contribution in [2.75, 3.05) is 13.1 Å². The Bertz CT molecular complexity index is 1560. The molecule has 2 N–H and O–H groups in total. The number of fused-ring (bicyclic) bond motifs is 2. The van der Waals surface area contributed by atoms with Gasteiger partial charge in [-0.15, -0.1) is 0 Å². The first-order valence-corrected chi connectivity index (χ1v) is 17.1. The van der Waals surface area contributed by atoms with Gasteiger partial charge < -0.3 is 15.5 Å². The normalized spacial score (nSPS) is 21.6. The lowest BCUT2D eigenvalue weighted by molar-refractivity contribution is -0.128. The summed E-state index contributed by atoms with van der Waals surface area (Å²) in [7, 11) is 0. The van der Waals surface area contributed by atoms with Crippen LogP contribution in [0.2, 0.25) is 20.1 Å². The summed E-state index contributed by atoms with van der Waals surface area (Å²) in [6.45, 7) is 3.63. The Morgan fingerprint density at radius 2 is 1.45 bits per heavy atom. The van der Waals surface area contributed by atoms with Crippen molar-refractivity contribution in [3.05, 3.63) is 109 Å². The van der Waals surface area contributed by atoms with E-state index in [9.17, 15) is 4.79 Å². The number of piperazine rings is 1. The summed E-state index contributed by atoms with van der Waals surface area (Å²) in [5.41, 5.74) is 6.26. The number of carbonyl (C=O) groups is 1. The molecule has 3 fully saturated rings. The third kappa shape index (κ3) is 6.57. The lowest BCUT2D eigenvalue weighted by Gasteiger charge is -2.41. The van der Waals surface area contributed by atoms with Crippen LogP contribution in [0.1, 0.15) is 54.4 Å². The molecule has 2 aliphatic heterocycles. The Morgan fingerprint density at radius 3 is 2.16 bits per heavy atom. The predicted molar refractivity (Wildman–Crippen MR) is 180 cm³/mol. The fraction of sp³-hybridized carbons (Fsp3) is 0.400. The topological polar surface area (TPSA) is 47.6 Å². The number of hydrogen-bond acceptors (Lipinski definition) is 4. The van der Waals surface area contributed by atoms with Crippen molar-refractivity contribution < 1.29 is 4.79 Å². The molecule has 2 bridgehead atoms. The molecule has 0 radical (unpaired) electrons. The van der Waals surface area contributed by atoms with E-state index in [0.717, 1.165) is 73.3 Å². The molecule has 1 unspecified atom stereocenters. The minimum Gasteiger partial charge on any atom is -0.331 e. The van der Waals surface area contributed by atoms with E-state index >= 15 is 0 Å². The molecule has 230 valence electrons. The molecule has 7 rings (SSSR count).